The Hall–Kier alpha value is -0.980. The molecule has 0 spiro atoms. The summed E-state index contributed by atoms with van der Waals surface area (Å²) >= 11 is 5.85. The molecule has 19 heavy (non-hydrogen) atoms. The van der Waals surface area contributed by atoms with Crippen molar-refractivity contribution in [1.29, 1.82) is 0 Å². The van der Waals surface area contributed by atoms with Crippen molar-refractivity contribution in [2.45, 2.75) is 19.9 Å². The van der Waals surface area contributed by atoms with Gasteiger partial charge in [0.1, 0.15) is 5.75 Å². The predicted molar refractivity (Wildman–Crippen MR) is 78.6 cm³/mol. The number of ether oxygens (including phenoxy) is 1. The first-order valence-electron chi connectivity index (χ1n) is 5.91. The molecule has 0 radical (unpaired) electrons. The number of hydrogen-bond acceptors (Lipinski definition) is 4. The molecule has 0 amide bonds. The molecule has 108 valence electrons. The van der Waals surface area contributed by atoms with Crippen LogP contribution in [0.5, 0.6) is 5.75 Å². The molecular formula is C12H19ClN2O3S. The first kappa shape index (κ1) is 16.1. The molecule has 0 aromatic heterocycles. The van der Waals surface area contributed by atoms with Crippen LogP contribution in [0.2, 0.25) is 5.02 Å². The van der Waals surface area contributed by atoms with E-state index in [2.05, 4.69) is 10.0 Å². The van der Waals surface area contributed by atoms with E-state index in [0.29, 0.717) is 23.0 Å². The van der Waals surface area contributed by atoms with E-state index in [-0.39, 0.29) is 11.8 Å². The van der Waals surface area contributed by atoms with Crippen LogP contribution in [0, 0.1) is 0 Å². The van der Waals surface area contributed by atoms with E-state index in [9.17, 15) is 8.42 Å². The Labute approximate surface area is 119 Å². The van der Waals surface area contributed by atoms with E-state index in [0.717, 1.165) is 0 Å². The van der Waals surface area contributed by atoms with Crippen LogP contribution in [-0.2, 0) is 10.0 Å². The average Bonchev–Trinajstić information content (AvgIpc) is 2.27. The van der Waals surface area contributed by atoms with Crippen molar-refractivity contribution in [3.05, 3.63) is 23.2 Å². The number of halogens is 1. The van der Waals surface area contributed by atoms with Gasteiger partial charge in [-0.2, -0.15) is 0 Å². The molecule has 0 atom stereocenters. The van der Waals surface area contributed by atoms with Crippen LogP contribution < -0.4 is 14.8 Å². The zero-order valence-electron chi connectivity index (χ0n) is 11.2. The summed E-state index contributed by atoms with van der Waals surface area (Å²) in [6, 6.07) is 5.02. The van der Waals surface area contributed by atoms with Gasteiger partial charge < -0.3 is 10.1 Å². The molecule has 0 aliphatic carbocycles. The number of benzene rings is 1. The highest BCUT2D eigenvalue weighted by atomic mass is 35.5. The van der Waals surface area contributed by atoms with Crippen molar-refractivity contribution >= 4 is 27.3 Å². The zero-order valence-corrected chi connectivity index (χ0v) is 12.8. The Morgan fingerprint density at radius 2 is 2.05 bits per heavy atom. The van der Waals surface area contributed by atoms with E-state index < -0.39 is 10.0 Å². The van der Waals surface area contributed by atoms with Gasteiger partial charge >= 0.3 is 0 Å². The molecular weight excluding hydrogens is 288 g/mol. The Morgan fingerprint density at radius 1 is 1.37 bits per heavy atom. The first-order valence-corrected chi connectivity index (χ1v) is 7.94. The second-order valence-corrected chi connectivity index (χ2v) is 6.65. The molecule has 0 aliphatic rings. The molecule has 1 aromatic rings. The maximum Gasteiger partial charge on any atom is 0.234 e. The molecule has 0 heterocycles. The minimum atomic E-state index is -3.43. The summed E-state index contributed by atoms with van der Waals surface area (Å²) in [7, 11) is -1.96. The fourth-order valence-electron chi connectivity index (χ4n) is 1.46. The van der Waals surface area contributed by atoms with Crippen LogP contribution in [0.15, 0.2) is 18.2 Å². The SMILES string of the molecule is COc1ccc(Cl)cc1NS(=O)(=O)CCNC(C)C. The van der Waals surface area contributed by atoms with Crippen LogP contribution >= 0.6 is 11.6 Å². The fraction of sp³-hybridized carbons (Fsp3) is 0.500. The maximum absolute atomic E-state index is 11.9. The van der Waals surface area contributed by atoms with E-state index in [1.807, 2.05) is 13.8 Å². The number of methoxy groups -OCH3 is 1. The molecule has 7 heteroatoms. The van der Waals surface area contributed by atoms with Crippen LogP contribution in [0.3, 0.4) is 0 Å². The number of hydrogen-bond donors (Lipinski definition) is 2. The lowest BCUT2D eigenvalue weighted by molar-refractivity contribution is 0.417. The van der Waals surface area contributed by atoms with Crippen molar-refractivity contribution in [2.24, 2.45) is 0 Å². The summed E-state index contributed by atoms with van der Waals surface area (Å²) in [5.74, 6) is 0.422. The quantitative estimate of drug-likeness (QED) is 0.809. The second kappa shape index (κ2) is 6.98. The van der Waals surface area contributed by atoms with Gasteiger partial charge in [0, 0.05) is 17.6 Å². The molecule has 1 aromatic carbocycles. The van der Waals surface area contributed by atoms with Gasteiger partial charge in [-0.3, -0.25) is 4.72 Å². The van der Waals surface area contributed by atoms with Crippen LogP contribution in [0.25, 0.3) is 0 Å². The number of anilines is 1. The molecule has 0 fully saturated rings. The highest BCUT2D eigenvalue weighted by molar-refractivity contribution is 7.92. The lowest BCUT2D eigenvalue weighted by Crippen LogP contribution is -2.31. The summed E-state index contributed by atoms with van der Waals surface area (Å²) in [6.45, 7) is 4.30. The topological polar surface area (TPSA) is 67.4 Å². The third kappa shape index (κ3) is 5.67. The monoisotopic (exact) mass is 306 g/mol. The minimum absolute atomic E-state index is 0.0130. The second-order valence-electron chi connectivity index (χ2n) is 4.37. The van der Waals surface area contributed by atoms with Crippen molar-refractivity contribution in [2.75, 3.05) is 24.1 Å². The van der Waals surface area contributed by atoms with Gasteiger partial charge in [0.15, 0.2) is 0 Å². The van der Waals surface area contributed by atoms with Gasteiger partial charge in [-0.15, -0.1) is 0 Å². The van der Waals surface area contributed by atoms with Gasteiger partial charge in [0.2, 0.25) is 10.0 Å². The Bertz CT molecular complexity index is 518. The Kier molecular flexibility index (Phi) is 5.90. The van der Waals surface area contributed by atoms with Crippen molar-refractivity contribution in [3.8, 4) is 5.75 Å². The van der Waals surface area contributed by atoms with Crippen molar-refractivity contribution < 1.29 is 13.2 Å². The summed E-state index contributed by atoms with van der Waals surface area (Å²) < 4.78 is 31.4. The third-order valence-corrected chi connectivity index (χ3v) is 3.86. The molecule has 0 saturated carbocycles. The largest absolute Gasteiger partial charge is 0.495 e. The number of sulfonamides is 1. The number of rotatable bonds is 7. The van der Waals surface area contributed by atoms with Crippen LogP contribution in [-0.4, -0.2) is 33.9 Å². The highest BCUT2D eigenvalue weighted by Crippen LogP contribution is 2.28. The molecule has 0 unspecified atom stereocenters. The van der Waals surface area contributed by atoms with Crippen LogP contribution in [0.1, 0.15) is 13.8 Å². The van der Waals surface area contributed by atoms with E-state index in [1.54, 1.807) is 12.1 Å². The van der Waals surface area contributed by atoms with Gasteiger partial charge in [-0.1, -0.05) is 25.4 Å². The third-order valence-electron chi connectivity index (χ3n) is 2.35. The fourth-order valence-corrected chi connectivity index (χ4v) is 2.62. The van der Waals surface area contributed by atoms with Crippen molar-refractivity contribution in [3.63, 3.8) is 0 Å². The van der Waals surface area contributed by atoms with E-state index in [4.69, 9.17) is 16.3 Å². The van der Waals surface area contributed by atoms with Gasteiger partial charge in [-0.25, -0.2) is 8.42 Å². The normalized spacial score (nSPS) is 11.6. The minimum Gasteiger partial charge on any atom is -0.495 e. The zero-order chi connectivity index (χ0) is 14.5. The van der Waals surface area contributed by atoms with E-state index in [1.165, 1.54) is 13.2 Å². The molecule has 0 saturated heterocycles. The van der Waals surface area contributed by atoms with Crippen LogP contribution in [0.4, 0.5) is 5.69 Å². The number of nitrogens with one attached hydrogen (secondary N) is 2. The van der Waals surface area contributed by atoms with Gasteiger partial charge in [0.25, 0.3) is 0 Å². The standard InChI is InChI=1S/C12H19ClN2O3S/c1-9(2)14-6-7-19(16,17)15-11-8-10(13)4-5-12(11)18-3/h4-5,8-9,14-15H,6-7H2,1-3H3. The molecule has 0 bridgehead atoms. The molecule has 0 aliphatic heterocycles. The molecule has 2 N–H and O–H groups in total. The highest BCUT2D eigenvalue weighted by Gasteiger charge is 2.13. The van der Waals surface area contributed by atoms with E-state index >= 15 is 0 Å². The molecule has 1 rings (SSSR count). The summed E-state index contributed by atoms with van der Waals surface area (Å²) in [5.41, 5.74) is 0.347. The lowest BCUT2D eigenvalue weighted by atomic mass is 10.3. The smallest absolute Gasteiger partial charge is 0.234 e. The maximum atomic E-state index is 11.9. The first-order chi connectivity index (χ1) is 8.84. The van der Waals surface area contributed by atoms with Gasteiger partial charge in [0.05, 0.1) is 18.6 Å². The summed E-state index contributed by atoms with van der Waals surface area (Å²) in [4.78, 5) is 0. The lowest BCUT2D eigenvalue weighted by Gasteiger charge is -2.13. The summed E-state index contributed by atoms with van der Waals surface area (Å²) in [5, 5.41) is 3.49. The van der Waals surface area contributed by atoms with Crippen molar-refractivity contribution in [1.82, 2.24) is 5.32 Å². The molecule has 5 nitrogen and oxygen atoms in total. The predicted octanol–water partition coefficient (Wildman–Crippen LogP) is 2.09. The Balaban J connectivity index is 2.74. The summed E-state index contributed by atoms with van der Waals surface area (Å²) in [6.07, 6.45) is 0. The average molecular weight is 307 g/mol. The Morgan fingerprint density at radius 3 is 2.63 bits per heavy atom. The van der Waals surface area contributed by atoms with Gasteiger partial charge in [-0.05, 0) is 18.2 Å².